The molecule has 0 radical (unpaired) electrons. The van der Waals surface area contributed by atoms with Crippen molar-refractivity contribution in [2.75, 3.05) is 0 Å². The van der Waals surface area contributed by atoms with Crippen LogP contribution >= 0.6 is 11.6 Å². The first-order chi connectivity index (χ1) is 11.0. The molecule has 0 atom stereocenters. The number of hydrogen-bond donors (Lipinski definition) is 2. The average molecular weight is 333 g/mol. The molecular formula is C15H13ClN4O3. The van der Waals surface area contributed by atoms with Crippen LogP contribution in [0.4, 0.5) is 0 Å². The van der Waals surface area contributed by atoms with Crippen molar-refractivity contribution in [3.05, 3.63) is 50.9 Å². The minimum absolute atomic E-state index is 0.123. The number of fused-ring (bicyclic) bond motifs is 1. The lowest BCUT2D eigenvalue weighted by atomic mass is 10.1. The summed E-state index contributed by atoms with van der Waals surface area (Å²) in [7, 11) is 0. The maximum absolute atomic E-state index is 12.5. The minimum Gasteiger partial charge on any atom is -0.481 e. The van der Waals surface area contributed by atoms with Crippen molar-refractivity contribution < 1.29 is 9.90 Å². The molecule has 2 N–H and O–H groups in total. The third kappa shape index (κ3) is 2.95. The van der Waals surface area contributed by atoms with E-state index >= 15 is 0 Å². The Balaban J connectivity index is 2.09. The number of aromatic amines is 1. The highest BCUT2D eigenvalue weighted by atomic mass is 35.5. The Labute approximate surface area is 135 Å². The lowest BCUT2D eigenvalue weighted by Crippen LogP contribution is -2.22. The number of halogens is 1. The third-order valence-corrected chi connectivity index (χ3v) is 3.75. The maximum atomic E-state index is 12.5. The van der Waals surface area contributed by atoms with E-state index in [4.69, 9.17) is 16.7 Å². The first-order valence-corrected chi connectivity index (χ1v) is 7.29. The standard InChI is InChI=1S/C15H13ClN4O3/c1-8-11(6-7-12(21)22)14(23)20-15(17-8)18-13(19-20)9-2-4-10(16)5-3-9/h2-5H,6-7H2,1H3,(H,21,22)(H,17,18,19). The first-order valence-electron chi connectivity index (χ1n) is 6.91. The van der Waals surface area contributed by atoms with Gasteiger partial charge in [-0.25, -0.2) is 4.98 Å². The zero-order valence-electron chi connectivity index (χ0n) is 12.2. The number of nitrogens with zero attached hydrogens (tertiary/aromatic N) is 3. The largest absolute Gasteiger partial charge is 0.481 e. The van der Waals surface area contributed by atoms with E-state index in [2.05, 4.69) is 15.1 Å². The monoisotopic (exact) mass is 332 g/mol. The van der Waals surface area contributed by atoms with Crippen molar-refractivity contribution in [2.24, 2.45) is 0 Å². The lowest BCUT2D eigenvalue weighted by Gasteiger charge is -2.02. The molecule has 0 aliphatic carbocycles. The van der Waals surface area contributed by atoms with E-state index in [1.54, 1.807) is 31.2 Å². The Kier molecular flexibility index (Phi) is 3.87. The number of aromatic nitrogens is 4. The van der Waals surface area contributed by atoms with Crippen LogP contribution in [0.15, 0.2) is 29.1 Å². The lowest BCUT2D eigenvalue weighted by molar-refractivity contribution is -0.136. The average Bonchev–Trinajstić information content (AvgIpc) is 2.91. The van der Waals surface area contributed by atoms with E-state index in [1.807, 2.05) is 0 Å². The van der Waals surface area contributed by atoms with Crippen LogP contribution in [-0.2, 0) is 11.2 Å². The Morgan fingerprint density at radius 1 is 1.30 bits per heavy atom. The molecule has 7 nitrogen and oxygen atoms in total. The summed E-state index contributed by atoms with van der Waals surface area (Å²) in [5.41, 5.74) is 1.30. The van der Waals surface area contributed by atoms with Crippen LogP contribution in [0.25, 0.3) is 17.2 Å². The second kappa shape index (κ2) is 5.85. The molecular weight excluding hydrogens is 320 g/mol. The molecule has 3 aromatic rings. The molecule has 0 aliphatic rings. The van der Waals surface area contributed by atoms with Crippen LogP contribution in [0.3, 0.4) is 0 Å². The van der Waals surface area contributed by atoms with Crippen LogP contribution in [0.1, 0.15) is 17.7 Å². The fraction of sp³-hybridized carbons (Fsp3) is 0.200. The summed E-state index contributed by atoms with van der Waals surface area (Å²) >= 11 is 5.86. The van der Waals surface area contributed by atoms with Crippen LogP contribution in [0, 0.1) is 6.92 Å². The number of aryl methyl sites for hydroxylation is 1. The van der Waals surface area contributed by atoms with Crippen LogP contribution in [0.2, 0.25) is 5.02 Å². The van der Waals surface area contributed by atoms with Crippen molar-refractivity contribution in [2.45, 2.75) is 19.8 Å². The third-order valence-electron chi connectivity index (χ3n) is 3.50. The normalized spacial score (nSPS) is 11.0. The van der Waals surface area contributed by atoms with Gasteiger partial charge in [-0.1, -0.05) is 11.6 Å². The predicted octanol–water partition coefficient (Wildman–Crippen LogP) is 2.06. The smallest absolute Gasteiger partial charge is 0.303 e. The molecule has 1 aromatic carbocycles. The number of hydrogen-bond acceptors (Lipinski definition) is 4. The van der Waals surface area contributed by atoms with E-state index in [-0.39, 0.29) is 24.2 Å². The Morgan fingerprint density at radius 3 is 2.65 bits per heavy atom. The topological polar surface area (TPSA) is 100 Å². The maximum Gasteiger partial charge on any atom is 0.303 e. The molecule has 0 aliphatic heterocycles. The number of H-pyrrole nitrogens is 1. The molecule has 2 heterocycles. The molecule has 0 saturated heterocycles. The molecule has 0 bridgehead atoms. The van der Waals surface area contributed by atoms with Crippen LogP contribution < -0.4 is 5.56 Å². The Morgan fingerprint density at radius 2 is 2.00 bits per heavy atom. The van der Waals surface area contributed by atoms with Crippen molar-refractivity contribution in [3.8, 4) is 11.4 Å². The molecule has 0 unspecified atom stereocenters. The van der Waals surface area contributed by atoms with Gasteiger partial charge in [0.25, 0.3) is 11.3 Å². The van der Waals surface area contributed by atoms with Gasteiger partial charge in [-0.05, 0) is 37.6 Å². The number of carboxylic acids is 1. The van der Waals surface area contributed by atoms with Gasteiger partial charge in [-0.15, -0.1) is 0 Å². The molecule has 8 heteroatoms. The van der Waals surface area contributed by atoms with Gasteiger partial charge in [-0.2, -0.15) is 9.50 Å². The highest BCUT2D eigenvalue weighted by molar-refractivity contribution is 6.30. The van der Waals surface area contributed by atoms with Gasteiger partial charge >= 0.3 is 5.97 Å². The second-order valence-corrected chi connectivity index (χ2v) is 5.53. The Hall–Kier alpha value is -2.67. The highest BCUT2D eigenvalue weighted by Gasteiger charge is 2.14. The van der Waals surface area contributed by atoms with Crippen LogP contribution in [0.5, 0.6) is 0 Å². The SMILES string of the molecule is Cc1nc2nc(-c3ccc(Cl)cc3)[nH]n2c(=O)c1CCC(=O)O. The highest BCUT2D eigenvalue weighted by Crippen LogP contribution is 2.18. The molecule has 0 spiro atoms. The summed E-state index contributed by atoms with van der Waals surface area (Å²) in [6.45, 7) is 1.68. The van der Waals surface area contributed by atoms with E-state index in [0.717, 1.165) is 5.56 Å². The zero-order valence-corrected chi connectivity index (χ0v) is 13.0. The molecule has 0 saturated carbocycles. The minimum atomic E-state index is -0.958. The quantitative estimate of drug-likeness (QED) is 0.761. The van der Waals surface area contributed by atoms with Gasteiger partial charge in [0, 0.05) is 22.6 Å². The summed E-state index contributed by atoms with van der Waals surface area (Å²) in [5.74, 6) is -0.224. The van der Waals surface area contributed by atoms with Gasteiger partial charge in [0.2, 0.25) is 0 Å². The van der Waals surface area contributed by atoms with Crippen molar-refractivity contribution >= 4 is 23.3 Å². The number of rotatable bonds is 4. The summed E-state index contributed by atoms with van der Waals surface area (Å²) < 4.78 is 1.23. The zero-order chi connectivity index (χ0) is 16.6. The molecule has 2 aromatic heterocycles. The molecule has 118 valence electrons. The molecule has 0 amide bonds. The molecule has 0 fully saturated rings. The van der Waals surface area contributed by atoms with Crippen molar-refractivity contribution in [1.82, 2.24) is 19.6 Å². The summed E-state index contributed by atoms with van der Waals surface area (Å²) in [5, 5.41) is 12.3. The van der Waals surface area contributed by atoms with Crippen LogP contribution in [-0.4, -0.2) is 30.7 Å². The summed E-state index contributed by atoms with van der Waals surface area (Å²) in [4.78, 5) is 31.8. The fourth-order valence-electron chi connectivity index (χ4n) is 2.31. The summed E-state index contributed by atoms with van der Waals surface area (Å²) in [6.07, 6.45) is 0.00719. The number of aliphatic carboxylic acids is 1. The van der Waals surface area contributed by atoms with E-state index in [9.17, 15) is 9.59 Å². The Bertz CT molecular complexity index is 944. The second-order valence-electron chi connectivity index (χ2n) is 5.09. The summed E-state index contributed by atoms with van der Waals surface area (Å²) in [6, 6.07) is 7.01. The predicted molar refractivity (Wildman–Crippen MR) is 84.7 cm³/mol. The van der Waals surface area contributed by atoms with Gasteiger partial charge in [-0.3, -0.25) is 14.7 Å². The number of carboxylic acid groups (broad SMARTS) is 1. The first kappa shape index (κ1) is 15.2. The number of nitrogens with one attached hydrogen (secondary N) is 1. The fourth-order valence-corrected chi connectivity index (χ4v) is 2.44. The van der Waals surface area contributed by atoms with Gasteiger partial charge < -0.3 is 5.11 Å². The van der Waals surface area contributed by atoms with E-state index in [1.165, 1.54) is 4.52 Å². The van der Waals surface area contributed by atoms with Crippen molar-refractivity contribution in [3.63, 3.8) is 0 Å². The van der Waals surface area contributed by atoms with Gasteiger partial charge in [0.05, 0.1) is 5.69 Å². The van der Waals surface area contributed by atoms with Gasteiger partial charge in [0.1, 0.15) is 0 Å². The van der Waals surface area contributed by atoms with Crippen molar-refractivity contribution in [1.29, 1.82) is 0 Å². The number of carbonyl (C=O) groups is 1. The number of benzene rings is 1. The van der Waals surface area contributed by atoms with Gasteiger partial charge in [0.15, 0.2) is 5.82 Å². The van der Waals surface area contributed by atoms with E-state index in [0.29, 0.717) is 22.1 Å². The molecule has 23 heavy (non-hydrogen) atoms. The molecule has 3 rings (SSSR count). The van der Waals surface area contributed by atoms with E-state index < -0.39 is 5.97 Å².